The monoisotopic (exact) mass is 330 g/mol. The van der Waals surface area contributed by atoms with Gasteiger partial charge in [0.2, 0.25) is 5.91 Å². The molecule has 3 nitrogen and oxygen atoms in total. The van der Waals surface area contributed by atoms with Crippen molar-refractivity contribution in [3.63, 3.8) is 0 Å². The van der Waals surface area contributed by atoms with Gasteiger partial charge in [-0.2, -0.15) is 0 Å². The molecule has 0 radical (unpaired) electrons. The van der Waals surface area contributed by atoms with Crippen LogP contribution in [0.4, 0.5) is 0 Å². The number of amides is 1. The van der Waals surface area contributed by atoms with Gasteiger partial charge in [-0.1, -0.05) is 60.7 Å². The van der Waals surface area contributed by atoms with Crippen LogP contribution in [-0.4, -0.2) is 15.8 Å². The van der Waals surface area contributed by atoms with Crippen LogP contribution < -0.4 is 0 Å². The van der Waals surface area contributed by atoms with E-state index in [1.165, 1.54) is 0 Å². The van der Waals surface area contributed by atoms with Crippen LogP contribution in [0.1, 0.15) is 29.5 Å². The zero-order valence-electron chi connectivity index (χ0n) is 14.4. The lowest BCUT2D eigenvalue weighted by Gasteiger charge is -2.26. The molecule has 0 bridgehead atoms. The molecular formula is C22H22N2O. The van der Waals surface area contributed by atoms with Gasteiger partial charge in [0.05, 0.1) is 5.92 Å². The Labute approximate surface area is 149 Å². The van der Waals surface area contributed by atoms with Crippen LogP contribution >= 0.6 is 0 Å². The van der Waals surface area contributed by atoms with E-state index in [1.54, 1.807) is 12.4 Å². The first-order valence-electron chi connectivity index (χ1n) is 8.50. The number of aromatic nitrogens is 1. The van der Waals surface area contributed by atoms with Crippen LogP contribution in [0.25, 0.3) is 0 Å². The van der Waals surface area contributed by atoms with Crippen LogP contribution in [0.15, 0.2) is 85.2 Å². The van der Waals surface area contributed by atoms with Crippen molar-refractivity contribution in [1.29, 1.82) is 0 Å². The summed E-state index contributed by atoms with van der Waals surface area (Å²) in [5.74, 6) is -0.0747. The third-order valence-corrected chi connectivity index (χ3v) is 4.32. The highest BCUT2D eigenvalue weighted by Crippen LogP contribution is 2.20. The van der Waals surface area contributed by atoms with E-state index in [0.29, 0.717) is 13.1 Å². The number of hydrogen-bond donors (Lipinski definition) is 0. The average Bonchev–Trinajstić information content (AvgIpc) is 2.68. The largest absolute Gasteiger partial charge is 0.334 e. The molecule has 1 unspecified atom stereocenters. The van der Waals surface area contributed by atoms with Crippen molar-refractivity contribution >= 4 is 5.91 Å². The smallest absolute Gasteiger partial charge is 0.230 e. The van der Waals surface area contributed by atoms with E-state index in [0.717, 1.165) is 16.7 Å². The summed E-state index contributed by atoms with van der Waals surface area (Å²) in [5.41, 5.74) is 3.26. The van der Waals surface area contributed by atoms with E-state index < -0.39 is 0 Å². The molecule has 0 saturated carbocycles. The molecule has 1 heterocycles. The molecule has 0 spiro atoms. The van der Waals surface area contributed by atoms with E-state index in [1.807, 2.05) is 60.4 Å². The van der Waals surface area contributed by atoms with Gasteiger partial charge in [0.15, 0.2) is 0 Å². The fraction of sp³-hybridized carbons (Fsp3) is 0.182. The number of nitrogens with zero attached hydrogens (tertiary/aromatic N) is 2. The Hall–Kier alpha value is -2.94. The van der Waals surface area contributed by atoms with E-state index >= 15 is 0 Å². The van der Waals surface area contributed by atoms with Crippen LogP contribution in [-0.2, 0) is 17.9 Å². The van der Waals surface area contributed by atoms with Crippen LogP contribution in [0.3, 0.4) is 0 Å². The summed E-state index contributed by atoms with van der Waals surface area (Å²) in [5, 5.41) is 0. The summed E-state index contributed by atoms with van der Waals surface area (Å²) < 4.78 is 0. The lowest BCUT2D eigenvalue weighted by Crippen LogP contribution is -2.33. The third kappa shape index (κ3) is 4.54. The van der Waals surface area contributed by atoms with E-state index in [2.05, 4.69) is 29.2 Å². The number of benzene rings is 2. The molecule has 3 rings (SSSR count). The van der Waals surface area contributed by atoms with Crippen molar-refractivity contribution in [3.05, 3.63) is 102 Å². The zero-order chi connectivity index (χ0) is 17.5. The molecule has 0 aliphatic rings. The highest BCUT2D eigenvalue weighted by molar-refractivity contribution is 5.83. The van der Waals surface area contributed by atoms with Crippen molar-refractivity contribution in [2.45, 2.75) is 25.9 Å². The van der Waals surface area contributed by atoms with E-state index in [-0.39, 0.29) is 11.8 Å². The van der Waals surface area contributed by atoms with Crippen molar-refractivity contribution in [2.24, 2.45) is 0 Å². The molecule has 1 atom stereocenters. The molecule has 1 aromatic heterocycles. The summed E-state index contributed by atoms with van der Waals surface area (Å²) >= 11 is 0. The van der Waals surface area contributed by atoms with Crippen molar-refractivity contribution < 1.29 is 4.79 Å². The minimum Gasteiger partial charge on any atom is -0.334 e. The molecule has 0 aliphatic carbocycles. The van der Waals surface area contributed by atoms with Crippen molar-refractivity contribution in [2.75, 3.05) is 0 Å². The molecule has 0 N–H and O–H groups in total. The maximum Gasteiger partial charge on any atom is 0.230 e. The lowest BCUT2D eigenvalue weighted by molar-refractivity contribution is -0.133. The Kier molecular flexibility index (Phi) is 5.57. The van der Waals surface area contributed by atoms with Gasteiger partial charge >= 0.3 is 0 Å². The lowest BCUT2D eigenvalue weighted by atomic mass is 10.00. The molecular weight excluding hydrogens is 308 g/mol. The van der Waals surface area contributed by atoms with Gasteiger partial charge in [0, 0.05) is 25.5 Å². The number of rotatable bonds is 6. The predicted molar refractivity (Wildman–Crippen MR) is 99.8 cm³/mol. The second kappa shape index (κ2) is 8.25. The van der Waals surface area contributed by atoms with E-state index in [9.17, 15) is 4.79 Å². The Balaban J connectivity index is 1.83. The first kappa shape index (κ1) is 16.9. The van der Waals surface area contributed by atoms with Gasteiger partial charge in [-0.3, -0.25) is 9.78 Å². The standard InChI is InChI=1S/C22H22N2O/c1-18(21-12-14-23-15-13-21)22(25)24(16-19-8-4-2-5-9-19)17-20-10-6-3-7-11-20/h2-15,18H,16-17H2,1H3. The third-order valence-electron chi connectivity index (χ3n) is 4.32. The molecule has 1 amide bonds. The molecule has 126 valence electrons. The summed E-state index contributed by atoms with van der Waals surface area (Å²) in [6.45, 7) is 3.16. The molecule has 0 fully saturated rings. The molecule has 25 heavy (non-hydrogen) atoms. The number of pyridine rings is 1. The highest BCUT2D eigenvalue weighted by Gasteiger charge is 2.22. The molecule has 2 aromatic carbocycles. The van der Waals surface area contributed by atoms with Gasteiger partial charge in [-0.25, -0.2) is 0 Å². The quantitative estimate of drug-likeness (QED) is 0.670. The Bertz CT molecular complexity index is 747. The number of carbonyl (C=O) groups is 1. The topological polar surface area (TPSA) is 33.2 Å². The van der Waals surface area contributed by atoms with Crippen molar-refractivity contribution in [1.82, 2.24) is 9.88 Å². The highest BCUT2D eigenvalue weighted by atomic mass is 16.2. The Morgan fingerprint density at radius 2 is 1.32 bits per heavy atom. The van der Waals surface area contributed by atoms with E-state index in [4.69, 9.17) is 0 Å². The van der Waals surface area contributed by atoms with Gasteiger partial charge in [0.25, 0.3) is 0 Å². The molecule has 0 aliphatic heterocycles. The zero-order valence-corrected chi connectivity index (χ0v) is 14.4. The SMILES string of the molecule is CC(C(=O)N(Cc1ccccc1)Cc1ccccc1)c1ccncc1. The van der Waals surface area contributed by atoms with Gasteiger partial charge in [-0.05, 0) is 35.7 Å². The van der Waals surface area contributed by atoms with Gasteiger partial charge < -0.3 is 4.90 Å². The molecule has 0 saturated heterocycles. The van der Waals surface area contributed by atoms with Gasteiger partial charge in [-0.15, -0.1) is 0 Å². The summed E-state index contributed by atoms with van der Waals surface area (Å²) in [7, 11) is 0. The first-order valence-corrected chi connectivity index (χ1v) is 8.50. The van der Waals surface area contributed by atoms with Crippen LogP contribution in [0.2, 0.25) is 0 Å². The van der Waals surface area contributed by atoms with Crippen LogP contribution in [0.5, 0.6) is 0 Å². The maximum atomic E-state index is 13.2. The van der Waals surface area contributed by atoms with Crippen LogP contribution in [0, 0.1) is 0 Å². The minimum absolute atomic E-state index is 0.124. The minimum atomic E-state index is -0.199. The molecule has 3 aromatic rings. The summed E-state index contributed by atoms with van der Waals surface area (Å²) in [6, 6.07) is 24.1. The number of carbonyl (C=O) groups excluding carboxylic acids is 1. The fourth-order valence-electron chi connectivity index (χ4n) is 2.89. The second-order valence-corrected chi connectivity index (χ2v) is 6.17. The normalized spacial score (nSPS) is 11.7. The van der Waals surface area contributed by atoms with Gasteiger partial charge in [0.1, 0.15) is 0 Å². The average molecular weight is 330 g/mol. The Morgan fingerprint density at radius 3 is 1.80 bits per heavy atom. The fourth-order valence-corrected chi connectivity index (χ4v) is 2.89. The second-order valence-electron chi connectivity index (χ2n) is 6.17. The Morgan fingerprint density at radius 1 is 0.840 bits per heavy atom. The summed E-state index contributed by atoms with van der Waals surface area (Å²) in [6.07, 6.45) is 3.47. The maximum absolute atomic E-state index is 13.2. The first-order chi connectivity index (χ1) is 12.2. The summed E-state index contributed by atoms with van der Waals surface area (Å²) in [4.78, 5) is 19.1. The predicted octanol–water partition coefficient (Wildman–Crippen LogP) is 4.41. The molecule has 3 heteroatoms. The number of hydrogen-bond acceptors (Lipinski definition) is 2. The van der Waals surface area contributed by atoms with Crippen molar-refractivity contribution in [3.8, 4) is 0 Å².